The van der Waals surface area contributed by atoms with E-state index in [4.69, 9.17) is 0 Å². The molecule has 1 heteroatoms. The van der Waals surface area contributed by atoms with E-state index in [1.807, 2.05) is 0 Å². The molecule has 0 heterocycles. The first-order valence-corrected chi connectivity index (χ1v) is 22.8. The van der Waals surface area contributed by atoms with Crippen molar-refractivity contribution in [1.29, 1.82) is 0 Å². The van der Waals surface area contributed by atoms with Gasteiger partial charge in [0.25, 0.3) is 0 Å². The van der Waals surface area contributed by atoms with Crippen molar-refractivity contribution in [3.05, 3.63) is 270 Å². The minimum Gasteiger partial charge on any atom is -0.309 e. The van der Waals surface area contributed by atoms with Gasteiger partial charge in [0.05, 0.1) is 16.8 Å². The number of fused-ring (bicyclic) bond motifs is 15. The van der Waals surface area contributed by atoms with Gasteiger partial charge < -0.3 is 4.90 Å². The fourth-order valence-corrected chi connectivity index (χ4v) is 11.9. The van der Waals surface area contributed by atoms with Crippen LogP contribution in [0.3, 0.4) is 0 Å². The molecule has 0 aromatic heterocycles. The Morgan fingerprint density at radius 2 is 0.754 bits per heavy atom. The highest BCUT2D eigenvalue weighted by Crippen LogP contribution is 2.64. The molecule has 65 heavy (non-hydrogen) atoms. The second kappa shape index (κ2) is 14.3. The zero-order valence-electron chi connectivity index (χ0n) is 36.5. The smallest absolute Gasteiger partial charge is 0.0726 e. The summed E-state index contributed by atoms with van der Waals surface area (Å²) >= 11 is 0. The third-order valence-corrected chi connectivity index (χ3v) is 14.7. The van der Waals surface area contributed by atoms with Gasteiger partial charge in [0.15, 0.2) is 0 Å². The van der Waals surface area contributed by atoms with Gasteiger partial charge >= 0.3 is 0 Å². The molecule has 0 fully saturated rings. The van der Waals surface area contributed by atoms with E-state index in [1.165, 1.54) is 100 Å². The van der Waals surface area contributed by atoms with Crippen LogP contribution in [0.2, 0.25) is 0 Å². The quantitative estimate of drug-likeness (QED) is 0.167. The summed E-state index contributed by atoms with van der Waals surface area (Å²) in [7, 11) is 0. The molecule has 0 bridgehead atoms. The largest absolute Gasteiger partial charge is 0.309 e. The maximum atomic E-state index is 2.58. The molecule has 3 aliphatic carbocycles. The first-order chi connectivity index (χ1) is 32.0. The number of rotatable bonds is 5. The molecule has 10 aromatic carbocycles. The van der Waals surface area contributed by atoms with Gasteiger partial charge in [-0.05, 0) is 119 Å². The lowest BCUT2D eigenvalue weighted by Crippen LogP contribution is -2.29. The number of hydrogen-bond donors (Lipinski definition) is 0. The minimum atomic E-state index is -0.596. The van der Waals surface area contributed by atoms with Gasteiger partial charge in [-0.1, -0.05) is 220 Å². The first-order valence-electron chi connectivity index (χ1n) is 22.8. The van der Waals surface area contributed by atoms with E-state index in [1.54, 1.807) is 0 Å². The average molecular weight is 828 g/mol. The van der Waals surface area contributed by atoms with Gasteiger partial charge in [-0.25, -0.2) is 0 Å². The normalized spacial score (nSPS) is 13.9. The zero-order valence-corrected chi connectivity index (χ0v) is 36.5. The maximum Gasteiger partial charge on any atom is 0.0726 e. The van der Waals surface area contributed by atoms with Crippen molar-refractivity contribution in [1.82, 2.24) is 0 Å². The predicted octanol–water partition coefficient (Wildman–Crippen LogP) is 16.8. The Balaban J connectivity index is 1.14. The van der Waals surface area contributed by atoms with Gasteiger partial charge in [-0.15, -0.1) is 0 Å². The van der Waals surface area contributed by atoms with Crippen molar-refractivity contribution in [3.8, 4) is 66.8 Å². The van der Waals surface area contributed by atoms with Gasteiger partial charge in [0.2, 0.25) is 0 Å². The van der Waals surface area contributed by atoms with Crippen LogP contribution in [0.15, 0.2) is 237 Å². The third-order valence-electron chi connectivity index (χ3n) is 14.7. The summed E-state index contributed by atoms with van der Waals surface area (Å²) in [5, 5.41) is 0. The molecule has 306 valence electrons. The molecule has 3 aliphatic rings. The summed E-state index contributed by atoms with van der Waals surface area (Å²) in [5.41, 5.74) is 25.5. The minimum absolute atomic E-state index is 0.175. The average Bonchev–Trinajstić information content (AvgIpc) is 3.76. The second-order valence-corrected chi connectivity index (χ2v) is 18.3. The van der Waals surface area contributed by atoms with Crippen LogP contribution >= 0.6 is 0 Å². The Kier molecular flexibility index (Phi) is 8.24. The number of hydrogen-bond acceptors (Lipinski definition) is 1. The number of nitrogens with zero attached hydrogens (tertiary/aromatic N) is 1. The zero-order chi connectivity index (χ0) is 43.3. The topological polar surface area (TPSA) is 3.24 Å². The van der Waals surface area contributed by atoms with E-state index in [0.717, 1.165) is 17.1 Å². The van der Waals surface area contributed by atoms with Crippen LogP contribution in [-0.2, 0) is 10.8 Å². The Hall–Kier alpha value is -8.00. The molecule has 0 saturated heterocycles. The molecule has 0 N–H and O–H groups in total. The fraction of sp³-hybridized carbons (Fsp3) is 0.0625. The Bertz CT molecular complexity index is 3450. The fourth-order valence-electron chi connectivity index (χ4n) is 11.9. The Morgan fingerprint density at radius 3 is 1.38 bits per heavy atom. The van der Waals surface area contributed by atoms with Gasteiger partial charge in [-0.2, -0.15) is 0 Å². The highest BCUT2D eigenvalue weighted by Gasteiger charge is 2.50. The van der Waals surface area contributed by atoms with Crippen LogP contribution in [0.4, 0.5) is 17.1 Å². The van der Waals surface area contributed by atoms with Crippen LogP contribution in [-0.4, -0.2) is 0 Å². The van der Waals surface area contributed by atoms with Gasteiger partial charge in [0.1, 0.15) is 0 Å². The van der Waals surface area contributed by atoms with Crippen LogP contribution in [0, 0.1) is 0 Å². The lowest BCUT2D eigenvalue weighted by molar-refractivity contribution is 0.660. The van der Waals surface area contributed by atoms with Crippen LogP contribution < -0.4 is 4.90 Å². The summed E-state index contributed by atoms with van der Waals surface area (Å²) in [6, 6.07) is 88.6. The summed E-state index contributed by atoms with van der Waals surface area (Å²) in [6.45, 7) is 4.77. The van der Waals surface area contributed by atoms with Crippen molar-refractivity contribution < 1.29 is 0 Å². The Labute approximate surface area is 381 Å². The van der Waals surface area contributed by atoms with Crippen molar-refractivity contribution in [3.63, 3.8) is 0 Å². The molecule has 0 atom stereocenters. The lowest BCUT2D eigenvalue weighted by Gasteiger charge is -2.36. The molecule has 0 amide bonds. The van der Waals surface area contributed by atoms with Gasteiger partial charge in [0, 0.05) is 22.2 Å². The second-order valence-electron chi connectivity index (χ2n) is 18.3. The van der Waals surface area contributed by atoms with Crippen LogP contribution in [0.25, 0.3) is 66.8 Å². The van der Waals surface area contributed by atoms with Crippen molar-refractivity contribution in [2.45, 2.75) is 24.7 Å². The van der Waals surface area contributed by atoms with E-state index in [0.29, 0.717) is 0 Å². The van der Waals surface area contributed by atoms with Crippen molar-refractivity contribution in [2.24, 2.45) is 0 Å². The molecule has 1 spiro atoms. The summed E-state index contributed by atoms with van der Waals surface area (Å²) in [5.74, 6) is 0. The summed E-state index contributed by atoms with van der Waals surface area (Å²) in [4.78, 5) is 2.58. The van der Waals surface area contributed by atoms with E-state index < -0.39 is 5.41 Å². The van der Waals surface area contributed by atoms with Crippen molar-refractivity contribution >= 4 is 17.1 Å². The SMILES string of the molecule is CC1(C)c2ccccc2-c2ccc(N(c3ccc(-c4ccccc4)cc3-c3ccccc3)c3cccc4c3-c3ccccc3C43c4ccccc4-c4ccccc4-c4ccccc43)cc21. The molecule has 0 aliphatic heterocycles. The molecular weight excluding hydrogens is 783 g/mol. The Morgan fingerprint density at radius 1 is 0.277 bits per heavy atom. The maximum absolute atomic E-state index is 2.58. The van der Waals surface area contributed by atoms with Crippen LogP contribution in [0.5, 0.6) is 0 Å². The molecule has 0 radical (unpaired) electrons. The molecule has 1 nitrogen and oxygen atoms in total. The van der Waals surface area contributed by atoms with Crippen LogP contribution in [0.1, 0.15) is 47.2 Å². The number of anilines is 3. The molecule has 0 saturated carbocycles. The van der Waals surface area contributed by atoms with E-state index in [9.17, 15) is 0 Å². The van der Waals surface area contributed by atoms with Crippen molar-refractivity contribution in [2.75, 3.05) is 4.90 Å². The first kappa shape index (κ1) is 37.5. The monoisotopic (exact) mass is 827 g/mol. The highest BCUT2D eigenvalue weighted by molar-refractivity contribution is 6.03. The summed E-state index contributed by atoms with van der Waals surface area (Å²) < 4.78 is 0. The third kappa shape index (κ3) is 5.33. The molecular formula is C64H45N. The molecule has 13 rings (SSSR count). The lowest BCUT2D eigenvalue weighted by atomic mass is 9.66. The standard InChI is InChI=1S/C64H45N/c1-63(2)54-30-15-11-28-50(54)51-38-37-45(41-59(51)63)65(60-39-36-44(42-20-5-3-6-21-42)40-53(60)43-22-7-4-8-23-43)61-35-19-34-58-62(61)52-29-14-18-33-57(52)64(58)55-31-16-12-26-48(55)46-24-9-10-25-47(46)49-27-13-17-32-56(49)64/h3-41H,1-2H3. The van der Waals surface area contributed by atoms with Gasteiger partial charge in [-0.3, -0.25) is 0 Å². The molecule has 10 aromatic rings. The van der Waals surface area contributed by atoms with E-state index in [-0.39, 0.29) is 5.41 Å². The summed E-state index contributed by atoms with van der Waals surface area (Å²) in [6.07, 6.45) is 0. The molecule has 0 unspecified atom stereocenters. The predicted molar refractivity (Wildman–Crippen MR) is 271 cm³/mol. The number of benzene rings is 10. The van der Waals surface area contributed by atoms with E-state index in [2.05, 4.69) is 255 Å². The van der Waals surface area contributed by atoms with E-state index >= 15 is 0 Å². The highest BCUT2D eigenvalue weighted by atomic mass is 15.1.